The van der Waals surface area contributed by atoms with Crippen molar-refractivity contribution in [2.45, 2.75) is 32.7 Å². The fraction of sp³-hybridized carbons (Fsp3) is 0.636. The minimum atomic E-state index is -0.0377. The van der Waals surface area contributed by atoms with Crippen molar-refractivity contribution in [3.63, 3.8) is 0 Å². The maximum absolute atomic E-state index is 12.3. The fourth-order valence-electron chi connectivity index (χ4n) is 3.33. The highest BCUT2D eigenvalue weighted by Crippen LogP contribution is 2.08. The van der Waals surface area contributed by atoms with Crippen LogP contribution in [0.1, 0.15) is 42.1 Å². The molecule has 1 aromatic rings. The Morgan fingerprint density at radius 2 is 1.90 bits per heavy atom. The highest BCUT2D eigenvalue weighted by molar-refractivity contribution is 5.94. The number of nitrogens with one attached hydrogen (secondary N) is 3. The lowest BCUT2D eigenvalue weighted by Crippen LogP contribution is -2.42. The average Bonchev–Trinajstić information content (AvgIpc) is 2.72. The topological polar surface area (TPSA) is 72.0 Å². The summed E-state index contributed by atoms with van der Waals surface area (Å²) in [5.41, 5.74) is 1.71. The number of benzene rings is 1. The molecule has 1 heterocycles. The number of aliphatic imine (C=N–C) groups is 1. The van der Waals surface area contributed by atoms with E-state index >= 15 is 0 Å². The number of hydrogen-bond donors (Lipinski definition) is 3. The summed E-state index contributed by atoms with van der Waals surface area (Å²) < 4.78 is 0. The van der Waals surface area contributed by atoms with E-state index in [4.69, 9.17) is 0 Å². The van der Waals surface area contributed by atoms with Crippen molar-refractivity contribution in [2.75, 3.05) is 59.9 Å². The van der Waals surface area contributed by atoms with E-state index in [0.717, 1.165) is 37.7 Å². The second kappa shape index (κ2) is 13.2. The molecular formula is C22H38N6O. The van der Waals surface area contributed by atoms with Crippen LogP contribution < -0.4 is 16.0 Å². The summed E-state index contributed by atoms with van der Waals surface area (Å²) >= 11 is 0. The van der Waals surface area contributed by atoms with Gasteiger partial charge in [-0.25, -0.2) is 4.99 Å². The van der Waals surface area contributed by atoms with Crippen molar-refractivity contribution in [1.29, 1.82) is 0 Å². The summed E-state index contributed by atoms with van der Waals surface area (Å²) in [6.45, 7) is 9.25. The lowest BCUT2D eigenvalue weighted by molar-refractivity contribution is 0.0951. The van der Waals surface area contributed by atoms with Crippen molar-refractivity contribution in [2.24, 2.45) is 4.99 Å². The standard InChI is InChI=1S/C22H38N6O/c1-4-23-22(25-12-16-28-13-6-5-7-14-28)26-18-19-9-8-10-20(17-19)21(29)24-11-15-27(2)3/h8-10,17H,4-7,11-16,18H2,1-3H3,(H,24,29)(H2,23,25,26). The third kappa shape index (κ3) is 9.28. The van der Waals surface area contributed by atoms with Crippen LogP contribution >= 0.6 is 0 Å². The molecule has 0 radical (unpaired) electrons. The molecule has 162 valence electrons. The Labute approximate surface area is 175 Å². The Morgan fingerprint density at radius 3 is 2.62 bits per heavy atom. The number of guanidine groups is 1. The quantitative estimate of drug-likeness (QED) is 0.409. The number of hydrogen-bond acceptors (Lipinski definition) is 4. The number of nitrogens with zero attached hydrogens (tertiary/aromatic N) is 3. The fourth-order valence-corrected chi connectivity index (χ4v) is 3.33. The molecule has 1 aromatic carbocycles. The van der Waals surface area contributed by atoms with Crippen molar-refractivity contribution < 1.29 is 4.79 Å². The zero-order valence-corrected chi connectivity index (χ0v) is 18.3. The summed E-state index contributed by atoms with van der Waals surface area (Å²) in [7, 11) is 3.99. The Hall–Kier alpha value is -2.12. The molecule has 1 amide bonds. The lowest BCUT2D eigenvalue weighted by atomic mass is 10.1. The Morgan fingerprint density at radius 1 is 1.10 bits per heavy atom. The minimum absolute atomic E-state index is 0.0377. The zero-order chi connectivity index (χ0) is 20.9. The van der Waals surface area contributed by atoms with E-state index < -0.39 is 0 Å². The van der Waals surface area contributed by atoms with Gasteiger partial charge in [0.25, 0.3) is 5.91 Å². The predicted octanol–water partition coefficient (Wildman–Crippen LogP) is 1.52. The average molecular weight is 403 g/mol. The molecule has 0 bridgehead atoms. The highest BCUT2D eigenvalue weighted by Gasteiger charge is 2.09. The van der Waals surface area contributed by atoms with Gasteiger partial charge in [0, 0.05) is 38.3 Å². The van der Waals surface area contributed by atoms with E-state index in [0.29, 0.717) is 18.7 Å². The summed E-state index contributed by atoms with van der Waals surface area (Å²) in [6, 6.07) is 7.70. The second-order valence-electron chi connectivity index (χ2n) is 7.78. The Bertz CT molecular complexity index is 640. The molecule has 7 heteroatoms. The van der Waals surface area contributed by atoms with Gasteiger partial charge in [0.15, 0.2) is 5.96 Å². The van der Waals surface area contributed by atoms with E-state index in [-0.39, 0.29) is 5.91 Å². The first-order valence-electron chi connectivity index (χ1n) is 10.8. The molecule has 0 aromatic heterocycles. The summed E-state index contributed by atoms with van der Waals surface area (Å²) in [4.78, 5) is 21.6. The highest BCUT2D eigenvalue weighted by atomic mass is 16.1. The number of piperidine rings is 1. The first-order valence-corrected chi connectivity index (χ1v) is 10.8. The van der Waals surface area contributed by atoms with Crippen molar-refractivity contribution >= 4 is 11.9 Å². The van der Waals surface area contributed by atoms with Crippen molar-refractivity contribution in [3.8, 4) is 0 Å². The molecule has 29 heavy (non-hydrogen) atoms. The molecule has 0 spiro atoms. The van der Waals surface area contributed by atoms with E-state index in [1.807, 2.05) is 43.3 Å². The summed E-state index contributed by atoms with van der Waals surface area (Å²) in [5.74, 6) is 0.787. The van der Waals surface area contributed by atoms with Gasteiger partial charge in [-0.3, -0.25) is 4.79 Å². The number of amides is 1. The van der Waals surface area contributed by atoms with E-state index in [1.54, 1.807) is 0 Å². The lowest BCUT2D eigenvalue weighted by Gasteiger charge is -2.26. The Kier molecular flexibility index (Phi) is 10.5. The molecule has 3 N–H and O–H groups in total. The monoisotopic (exact) mass is 402 g/mol. The van der Waals surface area contributed by atoms with Crippen LogP contribution in [0.4, 0.5) is 0 Å². The Balaban J connectivity index is 1.84. The van der Waals surface area contributed by atoms with Crippen LogP contribution in [0.2, 0.25) is 0 Å². The van der Waals surface area contributed by atoms with Crippen LogP contribution in [0.15, 0.2) is 29.3 Å². The molecular weight excluding hydrogens is 364 g/mol. The van der Waals surface area contributed by atoms with Gasteiger partial charge in [-0.2, -0.15) is 0 Å². The second-order valence-corrected chi connectivity index (χ2v) is 7.78. The van der Waals surface area contributed by atoms with Gasteiger partial charge in [0.05, 0.1) is 6.54 Å². The van der Waals surface area contributed by atoms with E-state index in [2.05, 4.69) is 32.8 Å². The molecule has 0 atom stereocenters. The third-order valence-corrected chi connectivity index (χ3v) is 4.97. The molecule has 1 aliphatic heterocycles. The van der Waals surface area contributed by atoms with Crippen LogP contribution in [0.3, 0.4) is 0 Å². The molecule has 1 aliphatic rings. The molecule has 1 fully saturated rings. The number of likely N-dealkylation sites (tertiary alicyclic amines) is 1. The van der Waals surface area contributed by atoms with Gasteiger partial charge in [-0.15, -0.1) is 0 Å². The molecule has 0 saturated carbocycles. The van der Waals surface area contributed by atoms with Gasteiger partial charge in [0.2, 0.25) is 0 Å². The SMILES string of the molecule is CCNC(=NCc1cccc(C(=O)NCCN(C)C)c1)NCCN1CCCCC1. The van der Waals surface area contributed by atoms with Gasteiger partial charge < -0.3 is 25.8 Å². The summed E-state index contributed by atoms with van der Waals surface area (Å²) in [5, 5.41) is 9.69. The van der Waals surface area contributed by atoms with Gasteiger partial charge in [-0.1, -0.05) is 18.6 Å². The van der Waals surface area contributed by atoms with Crippen molar-refractivity contribution in [1.82, 2.24) is 25.8 Å². The number of carbonyl (C=O) groups is 1. The maximum Gasteiger partial charge on any atom is 0.251 e. The van der Waals surface area contributed by atoms with Gasteiger partial charge >= 0.3 is 0 Å². The van der Waals surface area contributed by atoms with E-state index in [1.165, 1.54) is 32.4 Å². The molecule has 0 aliphatic carbocycles. The van der Waals surface area contributed by atoms with E-state index in [9.17, 15) is 4.79 Å². The van der Waals surface area contributed by atoms with Crippen molar-refractivity contribution in [3.05, 3.63) is 35.4 Å². The predicted molar refractivity (Wildman–Crippen MR) is 120 cm³/mol. The summed E-state index contributed by atoms with van der Waals surface area (Å²) in [6.07, 6.45) is 3.99. The van der Waals surface area contributed by atoms with Crippen LogP contribution in [0.5, 0.6) is 0 Å². The van der Waals surface area contributed by atoms with Crippen LogP contribution in [-0.4, -0.2) is 81.6 Å². The minimum Gasteiger partial charge on any atom is -0.357 e. The molecule has 7 nitrogen and oxygen atoms in total. The zero-order valence-electron chi connectivity index (χ0n) is 18.3. The molecule has 1 saturated heterocycles. The molecule has 2 rings (SSSR count). The third-order valence-electron chi connectivity index (χ3n) is 4.97. The smallest absolute Gasteiger partial charge is 0.251 e. The molecule has 0 unspecified atom stereocenters. The first-order chi connectivity index (χ1) is 14.1. The normalized spacial score (nSPS) is 15.4. The first kappa shape index (κ1) is 23.2. The van der Waals surface area contributed by atoms with Crippen LogP contribution in [0.25, 0.3) is 0 Å². The van der Waals surface area contributed by atoms with Crippen LogP contribution in [-0.2, 0) is 6.54 Å². The number of rotatable bonds is 10. The number of likely N-dealkylation sites (N-methyl/N-ethyl adjacent to an activating group) is 1. The van der Waals surface area contributed by atoms with Gasteiger partial charge in [0.1, 0.15) is 0 Å². The largest absolute Gasteiger partial charge is 0.357 e. The maximum atomic E-state index is 12.3. The number of carbonyl (C=O) groups excluding carboxylic acids is 1. The van der Waals surface area contributed by atoms with Crippen LogP contribution in [0, 0.1) is 0 Å². The van der Waals surface area contributed by atoms with Gasteiger partial charge in [-0.05, 0) is 64.6 Å².